The highest BCUT2D eigenvalue weighted by Crippen LogP contribution is 2.14. The number of anilines is 1. The van der Waals surface area contributed by atoms with E-state index in [0.29, 0.717) is 12.3 Å². The smallest absolute Gasteiger partial charge is 0.132 e. The summed E-state index contributed by atoms with van der Waals surface area (Å²) in [5, 5.41) is 4.04. The summed E-state index contributed by atoms with van der Waals surface area (Å²) in [6.07, 6.45) is 1.63. The van der Waals surface area contributed by atoms with Crippen molar-refractivity contribution in [2.75, 3.05) is 5.73 Å². The van der Waals surface area contributed by atoms with E-state index in [4.69, 9.17) is 10.5 Å². The SMILES string of the molecule is Cn1ncc(N)c1COc1ccccc1. The molecule has 0 atom stereocenters. The molecule has 2 rings (SSSR count). The summed E-state index contributed by atoms with van der Waals surface area (Å²) in [7, 11) is 1.85. The van der Waals surface area contributed by atoms with Crippen molar-refractivity contribution in [3.8, 4) is 5.75 Å². The number of ether oxygens (including phenoxy) is 1. The predicted octanol–water partition coefficient (Wildman–Crippen LogP) is 1.58. The highest BCUT2D eigenvalue weighted by molar-refractivity contribution is 5.40. The first-order chi connectivity index (χ1) is 7.27. The van der Waals surface area contributed by atoms with Gasteiger partial charge in [-0.25, -0.2) is 0 Å². The van der Waals surface area contributed by atoms with Gasteiger partial charge < -0.3 is 10.5 Å². The molecule has 15 heavy (non-hydrogen) atoms. The maximum absolute atomic E-state index is 5.74. The summed E-state index contributed by atoms with van der Waals surface area (Å²) in [6, 6.07) is 9.63. The van der Waals surface area contributed by atoms with Crippen LogP contribution in [0.25, 0.3) is 0 Å². The molecule has 0 bridgehead atoms. The molecule has 4 heteroatoms. The molecule has 0 spiro atoms. The third-order valence-corrected chi connectivity index (χ3v) is 2.21. The van der Waals surface area contributed by atoms with E-state index in [-0.39, 0.29) is 0 Å². The summed E-state index contributed by atoms with van der Waals surface area (Å²) >= 11 is 0. The van der Waals surface area contributed by atoms with Gasteiger partial charge >= 0.3 is 0 Å². The Balaban J connectivity index is 2.05. The molecule has 2 aromatic rings. The van der Waals surface area contributed by atoms with Crippen LogP contribution in [0.15, 0.2) is 36.5 Å². The minimum atomic E-state index is 0.437. The number of rotatable bonds is 3. The van der Waals surface area contributed by atoms with Crippen molar-refractivity contribution in [1.29, 1.82) is 0 Å². The standard InChI is InChI=1S/C11H13N3O/c1-14-11(10(12)7-13-14)8-15-9-5-3-2-4-6-9/h2-7H,8,12H2,1H3. The highest BCUT2D eigenvalue weighted by atomic mass is 16.5. The van der Waals surface area contributed by atoms with Crippen LogP contribution in [0.4, 0.5) is 5.69 Å². The molecule has 0 aliphatic heterocycles. The quantitative estimate of drug-likeness (QED) is 0.824. The third-order valence-electron chi connectivity index (χ3n) is 2.21. The van der Waals surface area contributed by atoms with E-state index in [2.05, 4.69) is 5.10 Å². The molecule has 0 radical (unpaired) electrons. The van der Waals surface area contributed by atoms with Crippen molar-refractivity contribution in [2.24, 2.45) is 7.05 Å². The second-order valence-corrected chi connectivity index (χ2v) is 3.27. The molecule has 1 heterocycles. The van der Waals surface area contributed by atoms with Crippen LogP contribution in [-0.2, 0) is 13.7 Å². The molecule has 0 amide bonds. The van der Waals surface area contributed by atoms with E-state index in [0.717, 1.165) is 11.4 Å². The van der Waals surface area contributed by atoms with Crippen molar-refractivity contribution in [3.63, 3.8) is 0 Å². The van der Waals surface area contributed by atoms with Gasteiger partial charge in [0.2, 0.25) is 0 Å². The minimum absolute atomic E-state index is 0.437. The molecule has 0 saturated heterocycles. The third kappa shape index (κ3) is 2.10. The first-order valence-corrected chi connectivity index (χ1v) is 4.71. The topological polar surface area (TPSA) is 53.1 Å². The van der Waals surface area contributed by atoms with Crippen LogP contribution in [0.2, 0.25) is 0 Å². The number of para-hydroxylation sites is 1. The van der Waals surface area contributed by atoms with E-state index in [1.807, 2.05) is 37.4 Å². The number of benzene rings is 1. The Labute approximate surface area is 88.3 Å². The Hall–Kier alpha value is -1.97. The Bertz CT molecular complexity index is 417. The van der Waals surface area contributed by atoms with Gasteiger partial charge in [-0.1, -0.05) is 18.2 Å². The van der Waals surface area contributed by atoms with Gasteiger partial charge in [-0.2, -0.15) is 5.10 Å². The maximum atomic E-state index is 5.74. The summed E-state index contributed by atoms with van der Waals surface area (Å²) in [4.78, 5) is 0. The van der Waals surface area contributed by atoms with E-state index in [1.165, 1.54) is 0 Å². The monoisotopic (exact) mass is 203 g/mol. The molecular formula is C11H13N3O. The lowest BCUT2D eigenvalue weighted by Crippen LogP contribution is -2.05. The van der Waals surface area contributed by atoms with Crippen molar-refractivity contribution in [2.45, 2.75) is 6.61 Å². The van der Waals surface area contributed by atoms with Gasteiger partial charge in [0, 0.05) is 7.05 Å². The van der Waals surface area contributed by atoms with Crippen molar-refractivity contribution < 1.29 is 4.74 Å². The van der Waals surface area contributed by atoms with Crippen LogP contribution in [0.5, 0.6) is 5.75 Å². The van der Waals surface area contributed by atoms with Crippen LogP contribution in [0.1, 0.15) is 5.69 Å². The zero-order valence-electron chi connectivity index (χ0n) is 8.55. The van der Waals surface area contributed by atoms with Crippen LogP contribution in [0.3, 0.4) is 0 Å². The minimum Gasteiger partial charge on any atom is -0.487 e. The predicted molar refractivity (Wildman–Crippen MR) is 58.4 cm³/mol. The molecule has 0 aliphatic carbocycles. The van der Waals surface area contributed by atoms with E-state index in [1.54, 1.807) is 10.9 Å². The van der Waals surface area contributed by atoms with Crippen molar-refractivity contribution in [3.05, 3.63) is 42.2 Å². The number of aryl methyl sites for hydroxylation is 1. The molecule has 1 aromatic heterocycles. The molecule has 1 aromatic carbocycles. The van der Waals surface area contributed by atoms with Gasteiger partial charge in [0.05, 0.1) is 17.6 Å². The lowest BCUT2D eigenvalue weighted by Gasteiger charge is -2.06. The van der Waals surface area contributed by atoms with Crippen LogP contribution < -0.4 is 10.5 Å². The van der Waals surface area contributed by atoms with Gasteiger partial charge in [-0.05, 0) is 12.1 Å². The number of hydrogen-bond acceptors (Lipinski definition) is 3. The Morgan fingerprint density at radius 2 is 2.07 bits per heavy atom. The number of nitrogen functional groups attached to an aromatic ring is 1. The lowest BCUT2D eigenvalue weighted by molar-refractivity contribution is 0.295. The average molecular weight is 203 g/mol. The fourth-order valence-corrected chi connectivity index (χ4v) is 1.33. The largest absolute Gasteiger partial charge is 0.487 e. The summed E-state index contributed by atoms with van der Waals surface area (Å²) in [5.41, 5.74) is 7.29. The molecule has 2 N–H and O–H groups in total. The average Bonchev–Trinajstić information content (AvgIpc) is 2.58. The van der Waals surface area contributed by atoms with Gasteiger partial charge in [0.15, 0.2) is 0 Å². The number of hydrogen-bond donors (Lipinski definition) is 1. The molecule has 4 nitrogen and oxygen atoms in total. The fraction of sp³-hybridized carbons (Fsp3) is 0.182. The number of aromatic nitrogens is 2. The summed E-state index contributed by atoms with van der Waals surface area (Å²) in [5.74, 6) is 0.832. The molecule has 78 valence electrons. The van der Waals surface area contributed by atoms with Gasteiger partial charge in [0.25, 0.3) is 0 Å². The first-order valence-electron chi connectivity index (χ1n) is 4.71. The molecular weight excluding hydrogens is 190 g/mol. The summed E-state index contributed by atoms with van der Waals surface area (Å²) in [6.45, 7) is 0.437. The van der Waals surface area contributed by atoms with Gasteiger partial charge in [-0.15, -0.1) is 0 Å². The lowest BCUT2D eigenvalue weighted by atomic mass is 10.3. The van der Waals surface area contributed by atoms with Gasteiger partial charge in [0.1, 0.15) is 12.4 Å². The molecule has 0 fully saturated rings. The molecule has 0 saturated carbocycles. The van der Waals surface area contributed by atoms with Crippen molar-refractivity contribution in [1.82, 2.24) is 9.78 Å². The summed E-state index contributed by atoms with van der Waals surface area (Å²) < 4.78 is 7.29. The Kier molecular flexibility index (Phi) is 2.58. The second-order valence-electron chi connectivity index (χ2n) is 3.27. The zero-order chi connectivity index (χ0) is 10.7. The van der Waals surface area contributed by atoms with E-state index in [9.17, 15) is 0 Å². The maximum Gasteiger partial charge on any atom is 0.132 e. The van der Waals surface area contributed by atoms with Crippen LogP contribution in [0, 0.1) is 0 Å². The van der Waals surface area contributed by atoms with Gasteiger partial charge in [-0.3, -0.25) is 4.68 Å². The second kappa shape index (κ2) is 4.04. The van der Waals surface area contributed by atoms with E-state index < -0.39 is 0 Å². The fourth-order valence-electron chi connectivity index (χ4n) is 1.33. The Morgan fingerprint density at radius 1 is 1.33 bits per heavy atom. The first kappa shape index (κ1) is 9.58. The zero-order valence-corrected chi connectivity index (χ0v) is 8.55. The van der Waals surface area contributed by atoms with Crippen molar-refractivity contribution >= 4 is 5.69 Å². The molecule has 0 unspecified atom stereocenters. The number of nitrogens with two attached hydrogens (primary N) is 1. The van der Waals surface area contributed by atoms with E-state index >= 15 is 0 Å². The Morgan fingerprint density at radius 3 is 2.67 bits per heavy atom. The number of nitrogens with zero attached hydrogens (tertiary/aromatic N) is 2. The van der Waals surface area contributed by atoms with Crippen LogP contribution >= 0.6 is 0 Å². The molecule has 0 aliphatic rings. The highest BCUT2D eigenvalue weighted by Gasteiger charge is 2.05. The van der Waals surface area contributed by atoms with Crippen LogP contribution in [-0.4, -0.2) is 9.78 Å². The normalized spacial score (nSPS) is 10.2.